The van der Waals surface area contributed by atoms with Crippen molar-refractivity contribution < 1.29 is 28.5 Å². The molecule has 5 heteroatoms. The second-order valence-corrected chi connectivity index (χ2v) is 20.6. The van der Waals surface area contributed by atoms with Crippen LogP contribution >= 0.6 is 0 Å². The van der Waals surface area contributed by atoms with Gasteiger partial charge in [-0.1, -0.05) is 159 Å². The highest BCUT2D eigenvalue weighted by molar-refractivity contribution is 6.09. The summed E-state index contributed by atoms with van der Waals surface area (Å²) in [5, 5.41) is 1.64. The SMILES string of the molecule is [2H]c1c([2H])c([2H])c(-c2cnc(-n3c4ccccc4c4ccc(Oc5cccc(-n6[c-][n+](-c7c(C(C)(C)C)cc(C(C)(C)C)cc7C(C)(C)C)c7ccc(-c8c(C([2H])([2H])[2H])cccc8C([2H])([2H])[2H])cc76)c5)cc43)cc2C([2H])([2H])[2H])c([2H])c1[2H]. The van der Waals surface area contributed by atoms with Crippen LogP contribution in [0.5, 0.6) is 11.5 Å². The number of hydrogen-bond acceptors (Lipinski definition) is 2. The van der Waals surface area contributed by atoms with E-state index in [1.54, 1.807) is 10.6 Å². The van der Waals surface area contributed by atoms with Gasteiger partial charge in [-0.2, -0.15) is 0 Å². The summed E-state index contributed by atoms with van der Waals surface area (Å²) in [6, 6.07) is 33.6. The van der Waals surface area contributed by atoms with Crippen LogP contribution in [0.15, 0.2) is 158 Å². The molecule has 5 nitrogen and oxygen atoms in total. The molecule has 0 spiro atoms. The van der Waals surface area contributed by atoms with Crippen molar-refractivity contribution in [2.45, 2.75) is 99.1 Å². The third-order valence-corrected chi connectivity index (χ3v) is 12.7. The van der Waals surface area contributed by atoms with Crippen LogP contribution in [0, 0.1) is 26.9 Å². The largest absolute Gasteiger partial charge is 0.458 e. The van der Waals surface area contributed by atoms with Crippen LogP contribution < -0.4 is 9.30 Å². The molecule has 0 saturated carbocycles. The van der Waals surface area contributed by atoms with Gasteiger partial charge in [0.2, 0.25) is 0 Å². The maximum atomic E-state index is 8.66. The number of rotatable bonds is 7. The van der Waals surface area contributed by atoms with Crippen molar-refractivity contribution in [3.05, 3.63) is 197 Å². The Labute approximate surface area is 422 Å². The van der Waals surface area contributed by atoms with E-state index < -0.39 is 50.8 Å². The van der Waals surface area contributed by atoms with E-state index in [0.717, 1.165) is 33.1 Å². The van der Waals surface area contributed by atoms with Crippen molar-refractivity contribution in [3.8, 4) is 50.9 Å². The van der Waals surface area contributed by atoms with Gasteiger partial charge in [0.1, 0.15) is 17.3 Å². The van der Waals surface area contributed by atoms with Gasteiger partial charge < -0.3 is 4.74 Å². The van der Waals surface area contributed by atoms with Gasteiger partial charge in [-0.3, -0.25) is 13.7 Å². The zero-order valence-corrected chi connectivity index (χ0v) is 39.8. The van der Waals surface area contributed by atoms with E-state index in [1.165, 1.54) is 36.0 Å². The molecule has 0 fully saturated rings. The van der Waals surface area contributed by atoms with Crippen LogP contribution in [-0.4, -0.2) is 14.1 Å². The molecule has 10 aromatic rings. The number of ether oxygens (including phenoxy) is 1. The van der Waals surface area contributed by atoms with Crippen LogP contribution in [-0.2, 0) is 16.2 Å². The van der Waals surface area contributed by atoms with Crippen LogP contribution in [0.25, 0.3) is 72.3 Å². The Morgan fingerprint density at radius 2 is 1.26 bits per heavy atom. The first kappa shape index (κ1) is 30.9. The zero-order valence-electron chi connectivity index (χ0n) is 53.8. The van der Waals surface area contributed by atoms with Gasteiger partial charge in [-0.05, 0) is 135 Å². The molecular weight excluding hydrogens is 829 g/mol. The Balaban J connectivity index is 1.17. The van der Waals surface area contributed by atoms with Gasteiger partial charge in [-0.15, -0.1) is 0 Å². The highest BCUT2D eigenvalue weighted by Crippen LogP contribution is 2.41. The van der Waals surface area contributed by atoms with Crippen LogP contribution in [0.4, 0.5) is 0 Å². The standard InChI is InChI=1S/C63H62N4O/c1-40-20-18-21-41(2)59(40)44-28-31-55-57(33-44)65(39-66(55)60-52(62(7,8)9)34-45(61(4,5)6)35-53(60)63(10,11)12)46-24-19-25-47(36-46)68-48-29-30-50-49-26-16-17-27-54(49)67(56(50)37-48)58-32-42(3)51(38-64-58)43-22-14-13-15-23-43/h13-38H,1-12H3/i1D3,2D3,3D3,13D,14D,15D,22D,23D. The molecule has 0 bridgehead atoms. The normalized spacial score (nSPS) is 16.0. The quantitative estimate of drug-likeness (QED) is 0.118. The molecule has 10 rings (SSSR count). The van der Waals surface area contributed by atoms with E-state index in [2.05, 4.69) is 85.3 Å². The van der Waals surface area contributed by atoms with Crippen molar-refractivity contribution in [2.75, 3.05) is 0 Å². The maximum absolute atomic E-state index is 8.66. The number of imidazole rings is 1. The highest BCUT2D eigenvalue weighted by Gasteiger charge is 2.31. The van der Waals surface area contributed by atoms with E-state index in [4.69, 9.17) is 28.9 Å². The Morgan fingerprint density at radius 1 is 0.588 bits per heavy atom. The van der Waals surface area contributed by atoms with Gasteiger partial charge in [0.15, 0.2) is 0 Å². The number of aromatic nitrogens is 4. The molecule has 0 aliphatic rings. The summed E-state index contributed by atoms with van der Waals surface area (Å²) in [6.07, 6.45) is 4.98. The molecule has 0 amide bonds. The highest BCUT2D eigenvalue weighted by atomic mass is 16.5. The minimum absolute atomic E-state index is 0.0801. The second-order valence-electron chi connectivity index (χ2n) is 20.6. The van der Waals surface area contributed by atoms with E-state index in [1.807, 2.05) is 83.4 Å². The van der Waals surface area contributed by atoms with Gasteiger partial charge in [0, 0.05) is 40.9 Å². The molecule has 0 atom stereocenters. The van der Waals surface area contributed by atoms with Gasteiger partial charge in [-0.25, -0.2) is 4.98 Å². The average molecular weight is 905 g/mol. The summed E-state index contributed by atoms with van der Waals surface area (Å²) in [4.78, 5) is 4.73. The molecule has 340 valence electrons. The molecule has 3 heterocycles. The molecule has 68 heavy (non-hydrogen) atoms. The predicted octanol–water partition coefficient (Wildman–Crippen LogP) is 16.1. The Morgan fingerprint density at radius 3 is 1.96 bits per heavy atom. The molecule has 0 aliphatic carbocycles. The molecule has 0 N–H and O–H groups in total. The predicted molar refractivity (Wildman–Crippen MR) is 283 cm³/mol. The first-order valence-corrected chi connectivity index (χ1v) is 22.8. The second kappa shape index (κ2) is 16.5. The van der Waals surface area contributed by atoms with Crippen molar-refractivity contribution >= 4 is 32.8 Å². The number of benzene rings is 7. The summed E-state index contributed by atoms with van der Waals surface area (Å²) >= 11 is 0. The number of hydrogen-bond donors (Lipinski definition) is 0. The van der Waals surface area contributed by atoms with E-state index in [-0.39, 0.29) is 55.4 Å². The lowest BCUT2D eigenvalue weighted by molar-refractivity contribution is -0.574. The fourth-order valence-electron chi connectivity index (χ4n) is 9.17. The number of nitrogens with zero attached hydrogens (tertiary/aromatic N) is 4. The Bertz CT molecular complexity index is 4120. The minimum atomic E-state index is -2.79. The van der Waals surface area contributed by atoms with E-state index >= 15 is 0 Å². The third-order valence-electron chi connectivity index (χ3n) is 12.7. The smallest absolute Gasteiger partial charge is 0.269 e. The molecule has 0 unspecified atom stereocenters. The summed E-state index contributed by atoms with van der Waals surface area (Å²) in [7, 11) is 0. The van der Waals surface area contributed by atoms with Crippen LogP contribution in [0.1, 0.15) is 115 Å². The zero-order chi connectivity index (χ0) is 59.7. The van der Waals surface area contributed by atoms with Gasteiger partial charge in [0.25, 0.3) is 6.33 Å². The van der Waals surface area contributed by atoms with E-state index in [9.17, 15) is 0 Å². The lowest BCUT2D eigenvalue weighted by Gasteiger charge is -2.34. The fraction of sp³-hybridized carbons (Fsp3) is 0.238. The van der Waals surface area contributed by atoms with Crippen molar-refractivity contribution in [1.29, 1.82) is 0 Å². The fourth-order valence-corrected chi connectivity index (χ4v) is 9.17. The lowest BCUT2D eigenvalue weighted by atomic mass is 9.74. The summed E-state index contributed by atoms with van der Waals surface area (Å²) in [6.45, 7) is 11.7. The Kier molecular flexibility index (Phi) is 7.51. The Hall–Kier alpha value is -7.24. The minimum Gasteiger partial charge on any atom is -0.458 e. The first-order valence-electron chi connectivity index (χ1n) is 29.8. The molecule has 0 radical (unpaired) electrons. The van der Waals surface area contributed by atoms with Crippen molar-refractivity contribution in [1.82, 2.24) is 14.1 Å². The maximum Gasteiger partial charge on any atom is 0.269 e. The first-order chi connectivity index (χ1) is 38.0. The topological polar surface area (TPSA) is 35.9 Å². The van der Waals surface area contributed by atoms with Crippen molar-refractivity contribution in [2.24, 2.45) is 0 Å². The molecular formula is C63H62N4O. The number of aryl methyl sites for hydroxylation is 3. The summed E-state index contributed by atoms with van der Waals surface area (Å²) in [5.74, 6) is 1.06. The summed E-state index contributed by atoms with van der Waals surface area (Å²) in [5.41, 5.74) is 6.41. The molecule has 0 aliphatic heterocycles. The number of para-hydroxylation sites is 1. The van der Waals surface area contributed by atoms with Crippen molar-refractivity contribution in [3.63, 3.8) is 0 Å². The molecule has 0 saturated heterocycles. The monoisotopic (exact) mass is 905 g/mol. The van der Waals surface area contributed by atoms with E-state index in [0.29, 0.717) is 39.3 Å². The molecule has 7 aromatic carbocycles. The number of fused-ring (bicyclic) bond motifs is 4. The van der Waals surface area contributed by atoms with Crippen LogP contribution in [0.2, 0.25) is 0 Å². The lowest BCUT2D eigenvalue weighted by Crippen LogP contribution is -2.38. The van der Waals surface area contributed by atoms with Gasteiger partial charge >= 0.3 is 0 Å². The van der Waals surface area contributed by atoms with Gasteiger partial charge in [0.05, 0.1) is 40.3 Å². The molecule has 3 aromatic heterocycles. The van der Waals surface area contributed by atoms with Crippen LogP contribution in [0.3, 0.4) is 0 Å². The third kappa shape index (κ3) is 7.98. The number of pyridine rings is 1. The summed E-state index contributed by atoms with van der Waals surface area (Å²) < 4.78 is 132. The average Bonchev–Trinajstić information content (AvgIpc) is 4.14.